The predicted molar refractivity (Wildman–Crippen MR) is 360 cm³/mol. The van der Waals surface area contributed by atoms with E-state index in [1.54, 1.807) is 20.8 Å². The van der Waals surface area contributed by atoms with Gasteiger partial charge in [0, 0.05) is 68.5 Å². The number of halogens is 4. The number of likely N-dealkylation sites (N-methyl/N-ethyl adjacent to an activating group) is 6. The minimum Gasteiger partial charge on any atom is -0.343 e. The Kier molecular flexibility index (Phi) is 26.7. The molecule has 0 radical (unpaired) electrons. The van der Waals surface area contributed by atoms with E-state index in [4.69, 9.17) is 11.6 Å². The fourth-order valence-corrected chi connectivity index (χ4v) is 15.2. The van der Waals surface area contributed by atoms with Crippen LogP contribution in [0.5, 0.6) is 0 Å². The zero-order valence-electron chi connectivity index (χ0n) is 59.6. The van der Waals surface area contributed by atoms with E-state index in [1.807, 2.05) is 20.8 Å². The van der Waals surface area contributed by atoms with E-state index >= 15 is 14.4 Å². The molecule has 0 bridgehead atoms. The van der Waals surface area contributed by atoms with Crippen LogP contribution in [0.4, 0.5) is 13.2 Å². The summed E-state index contributed by atoms with van der Waals surface area (Å²) in [6.07, 6.45) is 2.22. The molecular weight excluding hydrogens is 1290 g/mol. The Bertz CT molecular complexity index is 3120. The molecule has 12 amide bonds. The Morgan fingerprint density at radius 3 is 1.86 bits per heavy atom. The summed E-state index contributed by atoms with van der Waals surface area (Å²) in [6.45, 7) is 12.6. The highest BCUT2D eigenvalue weighted by Crippen LogP contribution is 2.38. The van der Waals surface area contributed by atoms with Crippen LogP contribution in [0.2, 0.25) is 5.02 Å². The summed E-state index contributed by atoms with van der Waals surface area (Å²) >= 11 is 6.15. The lowest BCUT2D eigenvalue weighted by Gasteiger charge is -2.45. The highest BCUT2D eigenvalue weighted by molar-refractivity contribution is 6.31. The first-order chi connectivity index (χ1) is 46.0. The molecule has 4 aliphatic heterocycles. The van der Waals surface area contributed by atoms with Gasteiger partial charge in [0.15, 0.2) is 0 Å². The van der Waals surface area contributed by atoms with Crippen LogP contribution >= 0.6 is 11.6 Å². The number of fused-ring (bicyclic) bond motifs is 2. The van der Waals surface area contributed by atoms with E-state index < -0.39 is 172 Å². The molecule has 24 nitrogen and oxygen atoms in total. The molecular formula is C70H106ClF3N12O12. The maximum absolute atomic E-state index is 15.4. The van der Waals surface area contributed by atoms with E-state index in [-0.39, 0.29) is 76.3 Å². The molecule has 98 heavy (non-hydrogen) atoms. The number of likely N-dealkylation sites (tertiary alicyclic amines) is 1. The van der Waals surface area contributed by atoms with Crippen molar-refractivity contribution in [3.05, 3.63) is 34.3 Å². The molecule has 7 rings (SSSR count). The lowest BCUT2D eigenvalue weighted by atomic mass is 9.84. The highest BCUT2D eigenvalue weighted by Gasteiger charge is 2.52. The van der Waals surface area contributed by atoms with E-state index in [0.717, 1.165) is 49.1 Å². The number of alkyl halides is 3. The third-order valence-electron chi connectivity index (χ3n) is 21.7. The molecule has 546 valence electrons. The molecule has 28 heteroatoms. The van der Waals surface area contributed by atoms with Crippen molar-refractivity contribution in [2.45, 2.75) is 237 Å². The SMILES string of the molecule is CC[C@H](C)[C@@H]1NC(=O)[C@H](CC(C)C)N(C)C(=O)C[C@@H](C(=O)N2CCC2)N(C)C(=O)[C@H](C(C)C)N(C)C(=O)C2(CCCC2)NC(=O)[C@@H]2CCCN2C(=O)[C@H](CCc2ccc(C(F)(F)F)c(Cl)c2)NC(=O)CN(C)C(=O)[C@H](CC2CCCCC2)N(C)C(=O)[C@@H]2CCN2C(=O)[C@H](C)N(C)C1=O. The van der Waals surface area contributed by atoms with Crippen LogP contribution < -0.4 is 16.0 Å². The Morgan fingerprint density at radius 1 is 0.653 bits per heavy atom. The van der Waals surface area contributed by atoms with Crippen LogP contribution in [0.25, 0.3) is 0 Å². The molecule has 1 spiro atoms. The number of aryl methyl sites for hydroxylation is 1. The van der Waals surface area contributed by atoms with Crippen LogP contribution in [0, 0.1) is 23.7 Å². The van der Waals surface area contributed by atoms with E-state index in [2.05, 4.69) is 16.0 Å². The first-order valence-electron chi connectivity index (χ1n) is 35.3. The first-order valence-corrected chi connectivity index (χ1v) is 35.7. The third-order valence-corrected chi connectivity index (χ3v) is 22.0. The van der Waals surface area contributed by atoms with Crippen molar-refractivity contribution >= 4 is 82.5 Å². The van der Waals surface area contributed by atoms with Gasteiger partial charge in [-0.25, -0.2) is 0 Å². The smallest absolute Gasteiger partial charge is 0.343 e. The molecule has 4 saturated heterocycles. The predicted octanol–water partition coefficient (Wildman–Crippen LogP) is 5.25. The number of carbonyl (C=O) groups is 12. The number of hydrogen-bond donors (Lipinski definition) is 3. The average Bonchev–Trinajstić information content (AvgIpc) is 1.24. The fraction of sp³-hybridized carbons (Fsp3) is 0.743. The molecule has 6 fully saturated rings. The lowest BCUT2D eigenvalue weighted by molar-refractivity contribution is -0.160. The summed E-state index contributed by atoms with van der Waals surface area (Å²) < 4.78 is 41.6. The van der Waals surface area contributed by atoms with E-state index in [1.165, 1.54) is 94.5 Å². The van der Waals surface area contributed by atoms with Gasteiger partial charge in [-0.15, -0.1) is 0 Å². The zero-order chi connectivity index (χ0) is 72.6. The van der Waals surface area contributed by atoms with Crippen LogP contribution in [0.15, 0.2) is 18.2 Å². The van der Waals surface area contributed by atoms with Gasteiger partial charge in [0.25, 0.3) is 0 Å². The number of hydrogen-bond acceptors (Lipinski definition) is 12. The number of nitrogens with zero attached hydrogens (tertiary/aromatic N) is 9. The normalized spacial score (nSPS) is 27.9. The molecule has 1 aromatic rings. The van der Waals surface area contributed by atoms with Crippen molar-refractivity contribution in [1.29, 1.82) is 0 Å². The minimum atomic E-state index is -4.76. The van der Waals surface area contributed by atoms with Crippen LogP contribution in [-0.4, -0.2) is 250 Å². The van der Waals surface area contributed by atoms with E-state index in [9.17, 15) is 56.3 Å². The summed E-state index contributed by atoms with van der Waals surface area (Å²) in [7, 11) is 8.56. The van der Waals surface area contributed by atoms with Crippen molar-refractivity contribution in [1.82, 2.24) is 60.0 Å². The zero-order valence-corrected chi connectivity index (χ0v) is 60.4. The van der Waals surface area contributed by atoms with Crippen molar-refractivity contribution in [3.63, 3.8) is 0 Å². The summed E-state index contributed by atoms with van der Waals surface area (Å²) in [5, 5.41) is 8.13. The highest BCUT2D eigenvalue weighted by atomic mass is 35.5. The van der Waals surface area contributed by atoms with Crippen molar-refractivity contribution in [2.75, 3.05) is 75.0 Å². The van der Waals surface area contributed by atoms with Crippen molar-refractivity contribution in [2.24, 2.45) is 23.7 Å². The Labute approximate surface area is 580 Å². The quantitative estimate of drug-likeness (QED) is 0.257. The molecule has 3 N–H and O–H groups in total. The summed E-state index contributed by atoms with van der Waals surface area (Å²) in [4.78, 5) is 190. The Balaban J connectivity index is 1.28. The molecule has 2 aliphatic carbocycles. The lowest BCUT2D eigenvalue weighted by Crippen LogP contribution is -2.65. The fourth-order valence-electron chi connectivity index (χ4n) is 14.9. The van der Waals surface area contributed by atoms with E-state index in [0.29, 0.717) is 50.8 Å². The summed E-state index contributed by atoms with van der Waals surface area (Å²) in [6, 6.07) is -7.82. The number of benzene rings is 1. The first kappa shape index (κ1) is 78.3. The second-order valence-electron chi connectivity index (χ2n) is 29.3. The second-order valence-corrected chi connectivity index (χ2v) is 29.7. The monoisotopic (exact) mass is 1400 g/mol. The maximum atomic E-state index is 15.4. The molecule has 6 aliphatic rings. The van der Waals surface area contributed by atoms with Gasteiger partial charge in [-0.1, -0.05) is 111 Å². The Morgan fingerprint density at radius 2 is 1.30 bits per heavy atom. The summed E-state index contributed by atoms with van der Waals surface area (Å²) in [5.41, 5.74) is -2.35. The van der Waals surface area contributed by atoms with Crippen molar-refractivity contribution in [3.8, 4) is 0 Å². The molecule has 10 atom stereocenters. The molecule has 4 heterocycles. The van der Waals surface area contributed by atoms with Gasteiger partial charge in [0.05, 0.1) is 23.6 Å². The molecule has 0 aromatic heterocycles. The van der Waals surface area contributed by atoms with Gasteiger partial charge in [-0.05, 0) is 112 Å². The van der Waals surface area contributed by atoms with Gasteiger partial charge in [0.2, 0.25) is 70.9 Å². The number of rotatable bonds is 11. The number of carbonyl (C=O) groups excluding carboxylic acids is 12. The van der Waals surface area contributed by atoms with Gasteiger partial charge in [-0.3, -0.25) is 57.5 Å². The second kappa shape index (κ2) is 33.4. The van der Waals surface area contributed by atoms with Gasteiger partial charge in [-0.2, -0.15) is 13.2 Å². The van der Waals surface area contributed by atoms with Crippen LogP contribution in [0.3, 0.4) is 0 Å². The minimum absolute atomic E-state index is 0.0235. The molecule has 2 saturated carbocycles. The van der Waals surface area contributed by atoms with Gasteiger partial charge in [0.1, 0.15) is 59.9 Å². The topological polar surface area (TPSA) is 270 Å². The Hall–Kier alpha value is -7.06. The summed E-state index contributed by atoms with van der Waals surface area (Å²) in [5.74, 6) is -8.92. The molecule has 1 aromatic carbocycles. The van der Waals surface area contributed by atoms with Crippen molar-refractivity contribution < 1.29 is 70.7 Å². The average molecular weight is 1400 g/mol. The molecule has 0 unspecified atom stereocenters. The third kappa shape index (κ3) is 17.9. The van der Waals surface area contributed by atoms with Gasteiger partial charge >= 0.3 is 6.18 Å². The van der Waals surface area contributed by atoms with Crippen LogP contribution in [-0.2, 0) is 70.1 Å². The van der Waals surface area contributed by atoms with Crippen LogP contribution in [0.1, 0.15) is 175 Å². The van der Waals surface area contributed by atoms with Gasteiger partial charge < -0.3 is 60.0 Å². The standard InChI is InChI=1S/C70H106ClF3N12O12/c1-14-43(6)57-66(96)79(9)44(7)61(91)86-35-29-51(86)64(94)81(11)53(38-45-22-16-15-17-23-45)63(93)78(8)40-55(87)75-49(28-26-46-25-27-47(48(71)37-46)70(72,73)74)62(92)85-34-20-24-50(85)60(90)77-69(30-18-19-31-69)68(98)83(13)58(42(4)5)67(97)82(12)54(65(95)84-32-21-33-84)39-56(88)80(10)52(36-41(2)3)59(89)76-57/h25,27,37,41-45,49-54,57-58H,14-24,26,28-36,38-40H2,1-13H3,(H,75,87)(H,76,89)(H,77,90)/t43-,44-,49-,50-,51-,52-,53-,54-,57-,58-/m0/s1. The number of nitrogens with one attached hydrogen (secondary N) is 3. The number of amides is 12. The maximum Gasteiger partial charge on any atom is 0.417 e. The largest absolute Gasteiger partial charge is 0.417 e.